The summed E-state index contributed by atoms with van der Waals surface area (Å²) in [5.41, 5.74) is 0. The molecule has 0 aromatic rings. The Hall–Kier alpha value is -0.620. The molecule has 0 aromatic heterocycles. The van der Waals surface area contributed by atoms with Gasteiger partial charge >= 0.3 is 0 Å². The molecule has 6 heteroatoms. The Morgan fingerprint density at radius 3 is 2.29 bits per heavy atom. The van der Waals surface area contributed by atoms with Gasteiger partial charge in [-0.25, -0.2) is 8.42 Å². The lowest BCUT2D eigenvalue weighted by molar-refractivity contribution is -0.129. The van der Waals surface area contributed by atoms with Crippen LogP contribution in [0.25, 0.3) is 0 Å². The average molecular weight is 260 g/mol. The Morgan fingerprint density at radius 2 is 1.82 bits per heavy atom. The number of hydrogen-bond acceptors (Lipinski definition) is 4. The van der Waals surface area contributed by atoms with Crippen molar-refractivity contribution in [3.63, 3.8) is 0 Å². The number of amides is 1. The van der Waals surface area contributed by atoms with E-state index in [9.17, 15) is 13.2 Å². The zero-order chi connectivity index (χ0) is 12.5. The molecule has 0 saturated carbocycles. The van der Waals surface area contributed by atoms with Gasteiger partial charge in [-0.2, -0.15) is 0 Å². The molecule has 1 amide bonds. The summed E-state index contributed by atoms with van der Waals surface area (Å²) >= 11 is 0. The highest BCUT2D eigenvalue weighted by Crippen LogP contribution is 2.16. The highest BCUT2D eigenvalue weighted by Gasteiger charge is 2.30. The highest BCUT2D eigenvalue weighted by atomic mass is 32.2. The second kappa shape index (κ2) is 4.94. The van der Waals surface area contributed by atoms with Gasteiger partial charge in [0.15, 0.2) is 9.84 Å². The topological polar surface area (TPSA) is 66.5 Å². The summed E-state index contributed by atoms with van der Waals surface area (Å²) < 4.78 is 22.7. The predicted molar refractivity (Wildman–Crippen MR) is 65.5 cm³/mol. The van der Waals surface area contributed by atoms with Crippen molar-refractivity contribution in [3.05, 3.63) is 0 Å². The van der Waals surface area contributed by atoms with Gasteiger partial charge in [-0.1, -0.05) is 0 Å². The smallest absolute Gasteiger partial charge is 0.219 e. The number of piperidine rings is 1. The summed E-state index contributed by atoms with van der Waals surface area (Å²) in [5.74, 6) is 0.726. The summed E-state index contributed by atoms with van der Waals surface area (Å²) in [6, 6.07) is 0.484. The standard InChI is InChI=1S/C11H20N2O3S/c1-9(14)13-5-2-10(3-6-13)12-11-4-7-17(15,16)8-11/h10-12H,2-8H2,1H3. The van der Waals surface area contributed by atoms with Crippen LogP contribution < -0.4 is 5.32 Å². The predicted octanol–water partition coefficient (Wildman–Crippen LogP) is -0.226. The van der Waals surface area contributed by atoms with Gasteiger partial charge in [0.2, 0.25) is 5.91 Å². The molecule has 0 aromatic carbocycles. The largest absolute Gasteiger partial charge is 0.343 e. The molecule has 2 aliphatic rings. The van der Waals surface area contributed by atoms with E-state index in [1.165, 1.54) is 0 Å². The van der Waals surface area contributed by atoms with Crippen molar-refractivity contribution in [3.8, 4) is 0 Å². The minimum absolute atomic E-state index is 0.119. The van der Waals surface area contributed by atoms with Crippen molar-refractivity contribution in [1.82, 2.24) is 10.2 Å². The van der Waals surface area contributed by atoms with Crippen molar-refractivity contribution in [1.29, 1.82) is 0 Å². The lowest BCUT2D eigenvalue weighted by atomic mass is 10.0. The van der Waals surface area contributed by atoms with Crippen LogP contribution in [-0.4, -0.2) is 55.9 Å². The number of nitrogens with zero attached hydrogens (tertiary/aromatic N) is 1. The molecule has 1 N–H and O–H groups in total. The Bertz CT molecular complexity index is 386. The van der Waals surface area contributed by atoms with Crippen LogP contribution in [0, 0.1) is 0 Å². The molecule has 1 atom stereocenters. The normalized spacial score (nSPS) is 29.5. The maximum absolute atomic E-state index is 11.3. The quantitative estimate of drug-likeness (QED) is 0.745. The number of rotatable bonds is 2. The van der Waals surface area contributed by atoms with Crippen LogP contribution in [0.5, 0.6) is 0 Å². The lowest BCUT2D eigenvalue weighted by Gasteiger charge is -2.33. The van der Waals surface area contributed by atoms with Crippen LogP contribution in [0.1, 0.15) is 26.2 Å². The molecule has 0 radical (unpaired) electrons. The van der Waals surface area contributed by atoms with E-state index < -0.39 is 9.84 Å². The fraction of sp³-hybridized carbons (Fsp3) is 0.909. The molecule has 2 rings (SSSR count). The fourth-order valence-corrected chi connectivity index (χ4v) is 4.31. The minimum Gasteiger partial charge on any atom is -0.343 e. The number of likely N-dealkylation sites (tertiary alicyclic amines) is 1. The third kappa shape index (κ3) is 3.42. The summed E-state index contributed by atoms with van der Waals surface area (Å²) in [4.78, 5) is 13.0. The maximum atomic E-state index is 11.3. The molecule has 17 heavy (non-hydrogen) atoms. The highest BCUT2D eigenvalue weighted by molar-refractivity contribution is 7.91. The molecule has 1 unspecified atom stereocenters. The van der Waals surface area contributed by atoms with Gasteiger partial charge in [0.1, 0.15) is 0 Å². The summed E-state index contributed by atoms with van der Waals surface area (Å²) in [6.45, 7) is 3.16. The number of carbonyl (C=O) groups excluding carboxylic acids is 1. The molecule has 2 aliphatic heterocycles. The molecule has 2 fully saturated rings. The molecule has 2 heterocycles. The van der Waals surface area contributed by atoms with E-state index in [2.05, 4.69) is 5.32 Å². The Balaban J connectivity index is 1.77. The van der Waals surface area contributed by atoms with E-state index in [1.807, 2.05) is 4.90 Å². The van der Waals surface area contributed by atoms with Gasteiger partial charge in [0, 0.05) is 32.1 Å². The fourth-order valence-electron chi connectivity index (χ4n) is 2.62. The third-order valence-corrected chi connectivity index (χ3v) is 5.41. The zero-order valence-electron chi connectivity index (χ0n) is 10.2. The van der Waals surface area contributed by atoms with E-state index in [0.717, 1.165) is 32.4 Å². The second-order valence-corrected chi connectivity index (χ2v) is 7.28. The Kier molecular flexibility index (Phi) is 3.73. The Morgan fingerprint density at radius 1 is 1.18 bits per heavy atom. The average Bonchev–Trinajstić information content (AvgIpc) is 2.59. The van der Waals surface area contributed by atoms with E-state index in [4.69, 9.17) is 0 Å². The van der Waals surface area contributed by atoms with Crippen LogP contribution >= 0.6 is 0 Å². The number of nitrogens with one attached hydrogen (secondary N) is 1. The van der Waals surface area contributed by atoms with Gasteiger partial charge < -0.3 is 10.2 Å². The summed E-state index contributed by atoms with van der Waals surface area (Å²) in [7, 11) is -2.80. The molecule has 5 nitrogen and oxygen atoms in total. The number of hydrogen-bond donors (Lipinski definition) is 1. The molecule has 0 spiro atoms. The van der Waals surface area contributed by atoms with Gasteiger partial charge in [-0.15, -0.1) is 0 Å². The van der Waals surface area contributed by atoms with Crippen molar-refractivity contribution >= 4 is 15.7 Å². The van der Waals surface area contributed by atoms with Gasteiger partial charge in [0.25, 0.3) is 0 Å². The number of sulfone groups is 1. The molecule has 98 valence electrons. The first-order chi connectivity index (χ1) is 7.96. The maximum Gasteiger partial charge on any atom is 0.219 e. The molecular weight excluding hydrogens is 240 g/mol. The van der Waals surface area contributed by atoms with E-state index in [-0.39, 0.29) is 17.7 Å². The van der Waals surface area contributed by atoms with E-state index >= 15 is 0 Å². The second-order valence-electron chi connectivity index (χ2n) is 5.05. The zero-order valence-corrected chi connectivity index (χ0v) is 11.0. The van der Waals surface area contributed by atoms with Crippen molar-refractivity contribution in [2.45, 2.75) is 38.3 Å². The van der Waals surface area contributed by atoms with Gasteiger partial charge in [-0.3, -0.25) is 4.79 Å². The Labute approximate surface area is 102 Å². The van der Waals surface area contributed by atoms with E-state index in [0.29, 0.717) is 11.8 Å². The van der Waals surface area contributed by atoms with Crippen molar-refractivity contribution in [2.75, 3.05) is 24.6 Å². The van der Waals surface area contributed by atoms with Crippen LogP contribution in [0.2, 0.25) is 0 Å². The van der Waals surface area contributed by atoms with Crippen molar-refractivity contribution < 1.29 is 13.2 Å². The van der Waals surface area contributed by atoms with Gasteiger partial charge in [-0.05, 0) is 19.3 Å². The molecular formula is C11H20N2O3S. The van der Waals surface area contributed by atoms with Gasteiger partial charge in [0.05, 0.1) is 11.5 Å². The first kappa shape index (κ1) is 12.8. The minimum atomic E-state index is -2.80. The SMILES string of the molecule is CC(=O)N1CCC(NC2CCS(=O)(=O)C2)CC1. The van der Waals surface area contributed by atoms with Crippen LogP contribution in [0.4, 0.5) is 0 Å². The number of carbonyl (C=O) groups is 1. The third-order valence-electron chi connectivity index (χ3n) is 3.64. The van der Waals surface area contributed by atoms with Crippen LogP contribution in [0.3, 0.4) is 0 Å². The monoisotopic (exact) mass is 260 g/mol. The van der Waals surface area contributed by atoms with Crippen LogP contribution in [0.15, 0.2) is 0 Å². The van der Waals surface area contributed by atoms with Crippen LogP contribution in [-0.2, 0) is 14.6 Å². The van der Waals surface area contributed by atoms with Crippen molar-refractivity contribution in [2.24, 2.45) is 0 Å². The summed E-state index contributed by atoms with van der Waals surface area (Å²) in [5, 5.41) is 3.42. The van der Waals surface area contributed by atoms with E-state index in [1.54, 1.807) is 6.92 Å². The first-order valence-corrected chi connectivity index (χ1v) is 8.00. The lowest BCUT2D eigenvalue weighted by Crippen LogP contribution is -2.47. The first-order valence-electron chi connectivity index (χ1n) is 6.18. The summed E-state index contributed by atoms with van der Waals surface area (Å²) in [6.07, 6.45) is 2.58. The molecule has 0 aliphatic carbocycles. The molecule has 0 bridgehead atoms. The molecule has 2 saturated heterocycles.